The summed E-state index contributed by atoms with van der Waals surface area (Å²) in [6.45, 7) is 4.92. The predicted molar refractivity (Wildman–Crippen MR) is 136 cm³/mol. The standard InChI is InChI=1S/C28H29N5O/c1-18-9-10-20(15-29-18)27-24-13-22-12-23(28(34)30-25(22)14-26(24)31-32-27)21-8-5-11-33(17-21)16-19-6-3-2-4-7-19/h2-4,6-7,9-10,12-15,21,27,31-32H,5,8,11,16-17H2,1H3,(H,30,34). The van der Waals surface area contributed by atoms with Crippen molar-refractivity contribution in [2.24, 2.45) is 0 Å². The Bertz CT molecular complexity index is 1380. The highest BCUT2D eigenvalue weighted by molar-refractivity contribution is 5.85. The van der Waals surface area contributed by atoms with Gasteiger partial charge >= 0.3 is 0 Å². The molecule has 4 heterocycles. The SMILES string of the molecule is Cc1ccc(C2NNc3cc4[nH]c(=O)c(C5CCCN(Cc6ccccc6)C5)cc4cc32)cn1. The van der Waals surface area contributed by atoms with Crippen molar-refractivity contribution in [1.29, 1.82) is 0 Å². The van der Waals surface area contributed by atoms with Crippen LogP contribution < -0.4 is 16.4 Å². The summed E-state index contributed by atoms with van der Waals surface area (Å²) in [7, 11) is 0. The topological polar surface area (TPSA) is 73.0 Å². The second-order valence-corrected chi connectivity index (χ2v) is 9.58. The molecule has 6 nitrogen and oxygen atoms in total. The van der Waals surface area contributed by atoms with Crippen molar-refractivity contribution in [3.05, 3.63) is 105 Å². The van der Waals surface area contributed by atoms with E-state index in [0.29, 0.717) is 0 Å². The summed E-state index contributed by atoms with van der Waals surface area (Å²) in [6.07, 6.45) is 4.08. The number of benzene rings is 2. The van der Waals surface area contributed by atoms with Crippen molar-refractivity contribution in [1.82, 2.24) is 20.3 Å². The van der Waals surface area contributed by atoms with Gasteiger partial charge in [0, 0.05) is 42.0 Å². The van der Waals surface area contributed by atoms with Crippen molar-refractivity contribution in [2.45, 2.75) is 38.3 Å². The van der Waals surface area contributed by atoms with Crippen molar-refractivity contribution in [3.8, 4) is 0 Å². The fourth-order valence-electron chi connectivity index (χ4n) is 5.37. The van der Waals surface area contributed by atoms with E-state index in [-0.39, 0.29) is 17.5 Å². The quantitative estimate of drug-likeness (QED) is 0.422. The van der Waals surface area contributed by atoms with Crippen molar-refractivity contribution >= 4 is 16.6 Å². The molecule has 2 aliphatic rings. The van der Waals surface area contributed by atoms with Crippen molar-refractivity contribution < 1.29 is 0 Å². The van der Waals surface area contributed by atoms with Gasteiger partial charge in [-0.05, 0) is 67.1 Å². The fourth-order valence-corrected chi connectivity index (χ4v) is 5.37. The van der Waals surface area contributed by atoms with Crippen LogP contribution in [0.1, 0.15) is 52.7 Å². The first-order chi connectivity index (χ1) is 16.6. The van der Waals surface area contributed by atoms with E-state index in [1.54, 1.807) is 0 Å². The van der Waals surface area contributed by atoms with Gasteiger partial charge in [-0.1, -0.05) is 36.4 Å². The lowest BCUT2D eigenvalue weighted by atomic mass is 9.90. The zero-order valence-electron chi connectivity index (χ0n) is 19.3. The molecule has 2 aliphatic heterocycles. The molecule has 0 radical (unpaired) electrons. The smallest absolute Gasteiger partial charge is 0.251 e. The third-order valence-corrected chi connectivity index (χ3v) is 7.17. The average molecular weight is 452 g/mol. The number of rotatable bonds is 4. The Morgan fingerprint density at radius 2 is 1.91 bits per heavy atom. The van der Waals surface area contributed by atoms with Crippen LogP contribution >= 0.6 is 0 Å². The number of anilines is 1. The van der Waals surface area contributed by atoms with E-state index in [2.05, 4.69) is 74.3 Å². The van der Waals surface area contributed by atoms with Crippen LogP contribution in [0.2, 0.25) is 0 Å². The second-order valence-electron chi connectivity index (χ2n) is 9.58. The third kappa shape index (κ3) is 4.00. The molecule has 4 aromatic rings. The molecule has 172 valence electrons. The maximum absolute atomic E-state index is 13.1. The van der Waals surface area contributed by atoms with Crippen LogP contribution in [0.3, 0.4) is 0 Å². The summed E-state index contributed by atoms with van der Waals surface area (Å²) < 4.78 is 0. The minimum absolute atomic E-state index is 0.0268. The molecule has 0 saturated carbocycles. The number of nitrogens with one attached hydrogen (secondary N) is 3. The molecule has 6 heteroatoms. The number of hydrazine groups is 1. The van der Waals surface area contributed by atoms with E-state index in [1.807, 2.05) is 25.3 Å². The van der Waals surface area contributed by atoms with Crippen LogP contribution in [0, 0.1) is 6.92 Å². The number of nitrogens with zero attached hydrogens (tertiary/aromatic N) is 2. The van der Waals surface area contributed by atoms with Gasteiger partial charge in [0.25, 0.3) is 5.56 Å². The van der Waals surface area contributed by atoms with Crippen LogP contribution in [0.25, 0.3) is 10.9 Å². The molecular weight excluding hydrogens is 422 g/mol. The molecule has 1 saturated heterocycles. The highest BCUT2D eigenvalue weighted by Gasteiger charge is 2.27. The molecule has 0 spiro atoms. The van der Waals surface area contributed by atoms with Gasteiger partial charge in [-0.3, -0.25) is 14.7 Å². The number of H-pyrrole nitrogens is 1. The molecule has 1 fully saturated rings. The molecule has 6 rings (SSSR count). The van der Waals surface area contributed by atoms with E-state index in [1.165, 1.54) is 11.1 Å². The lowest BCUT2D eigenvalue weighted by Gasteiger charge is -2.32. The number of aromatic amines is 1. The number of piperidine rings is 1. The fraction of sp³-hybridized carbons (Fsp3) is 0.286. The van der Waals surface area contributed by atoms with Crippen LogP contribution in [0.4, 0.5) is 5.69 Å². The molecule has 2 aromatic carbocycles. The highest BCUT2D eigenvalue weighted by Crippen LogP contribution is 2.36. The number of aromatic nitrogens is 2. The molecule has 2 unspecified atom stereocenters. The molecule has 0 amide bonds. The summed E-state index contributed by atoms with van der Waals surface area (Å²) in [5.74, 6) is 0.243. The van der Waals surface area contributed by atoms with E-state index >= 15 is 0 Å². The van der Waals surface area contributed by atoms with Crippen LogP contribution in [0.15, 0.2) is 71.7 Å². The monoisotopic (exact) mass is 451 g/mol. The van der Waals surface area contributed by atoms with Crippen LogP contribution in [-0.4, -0.2) is 28.0 Å². The highest BCUT2D eigenvalue weighted by atomic mass is 16.1. The maximum Gasteiger partial charge on any atom is 0.251 e. The molecule has 0 aliphatic carbocycles. The first-order valence-electron chi connectivity index (χ1n) is 12.1. The Balaban J connectivity index is 1.31. The zero-order chi connectivity index (χ0) is 23.1. The number of likely N-dealkylation sites (tertiary alicyclic amines) is 1. The summed E-state index contributed by atoms with van der Waals surface area (Å²) in [5.41, 5.74) is 14.0. The van der Waals surface area contributed by atoms with Gasteiger partial charge in [-0.25, -0.2) is 5.43 Å². The van der Waals surface area contributed by atoms with E-state index < -0.39 is 0 Å². The van der Waals surface area contributed by atoms with Gasteiger partial charge in [0.1, 0.15) is 0 Å². The molecule has 34 heavy (non-hydrogen) atoms. The van der Waals surface area contributed by atoms with E-state index in [0.717, 1.165) is 65.9 Å². The van der Waals surface area contributed by atoms with Gasteiger partial charge < -0.3 is 10.4 Å². The first kappa shape index (κ1) is 21.1. The Morgan fingerprint density at radius 3 is 2.74 bits per heavy atom. The molecule has 2 aromatic heterocycles. The number of aryl methyl sites for hydroxylation is 1. The average Bonchev–Trinajstić information content (AvgIpc) is 3.26. The summed E-state index contributed by atoms with van der Waals surface area (Å²) >= 11 is 0. The lowest BCUT2D eigenvalue weighted by molar-refractivity contribution is 0.199. The Hall–Kier alpha value is -3.48. The number of fused-ring (bicyclic) bond motifs is 2. The molecule has 2 atom stereocenters. The summed E-state index contributed by atoms with van der Waals surface area (Å²) in [4.78, 5) is 23.2. The summed E-state index contributed by atoms with van der Waals surface area (Å²) in [5, 5.41) is 1.07. The maximum atomic E-state index is 13.1. The van der Waals surface area contributed by atoms with Gasteiger partial charge in [0.05, 0.1) is 17.2 Å². The third-order valence-electron chi connectivity index (χ3n) is 7.17. The van der Waals surface area contributed by atoms with Gasteiger partial charge in [-0.2, -0.15) is 0 Å². The number of hydrogen-bond acceptors (Lipinski definition) is 5. The van der Waals surface area contributed by atoms with E-state index in [4.69, 9.17) is 0 Å². The van der Waals surface area contributed by atoms with Gasteiger partial charge in [0.2, 0.25) is 0 Å². The largest absolute Gasteiger partial charge is 0.322 e. The predicted octanol–water partition coefficient (Wildman–Crippen LogP) is 4.63. The summed E-state index contributed by atoms with van der Waals surface area (Å²) in [6, 6.07) is 21.1. The molecule has 3 N–H and O–H groups in total. The van der Waals surface area contributed by atoms with E-state index in [9.17, 15) is 4.79 Å². The van der Waals surface area contributed by atoms with Crippen molar-refractivity contribution in [3.63, 3.8) is 0 Å². The zero-order valence-corrected chi connectivity index (χ0v) is 19.3. The molecule has 0 bridgehead atoms. The Morgan fingerprint density at radius 1 is 1.06 bits per heavy atom. The number of pyridine rings is 2. The number of hydrogen-bond donors (Lipinski definition) is 3. The minimum atomic E-state index is 0.0268. The Labute approximate surface area is 199 Å². The minimum Gasteiger partial charge on any atom is -0.322 e. The second kappa shape index (κ2) is 8.70. The Kier molecular flexibility index (Phi) is 5.40. The van der Waals surface area contributed by atoms with Crippen LogP contribution in [0.5, 0.6) is 0 Å². The lowest BCUT2D eigenvalue weighted by Crippen LogP contribution is -2.35. The van der Waals surface area contributed by atoms with Crippen molar-refractivity contribution in [2.75, 3.05) is 18.5 Å². The molecular formula is C28H29N5O. The van der Waals surface area contributed by atoms with Gasteiger partial charge in [-0.15, -0.1) is 0 Å². The first-order valence-corrected chi connectivity index (χ1v) is 12.1. The van der Waals surface area contributed by atoms with Gasteiger partial charge in [0.15, 0.2) is 0 Å². The normalized spacial score (nSPS) is 20.3. The van der Waals surface area contributed by atoms with Crippen LogP contribution in [-0.2, 0) is 6.54 Å².